The molecule has 1 aromatic carbocycles. The normalized spacial score (nSPS) is 25.6. The lowest BCUT2D eigenvalue weighted by Crippen LogP contribution is -2.62. The van der Waals surface area contributed by atoms with Gasteiger partial charge >= 0.3 is 0 Å². The van der Waals surface area contributed by atoms with Crippen molar-refractivity contribution < 1.29 is 4.39 Å². The Morgan fingerprint density at radius 2 is 2.14 bits per heavy atom. The molecule has 1 spiro atoms. The lowest BCUT2D eigenvalue weighted by Gasteiger charge is -2.46. The van der Waals surface area contributed by atoms with Gasteiger partial charge in [-0.1, -0.05) is 37.4 Å². The van der Waals surface area contributed by atoms with Gasteiger partial charge in [-0.3, -0.25) is 4.90 Å². The lowest BCUT2D eigenvalue weighted by molar-refractivity contribution is 0.0709. The second kappa shape index (κ2) is 6.23. The summed E-state index contributed by atoms with van der Waals surface area (Å²) in [5, 5.41) is 4.32. The first-order valence-corrected chi connectivity index (χ1v) is 8.43. The molecule has 0 radical (unpaired) electrons. The molecule has 1 saturated heterocycles. The minimum atomic E-state index is -0.184. The number of hydrogen-bond acceptors (Lipinski definition) is 2. The first-order chi connectivity index (χ1) is 10.1. The van der Waals surface area contributed by atoms with E-state index < -0.39 is 0 Å². The molecule has 1 saturated carbocycles. The van der Waals surface area contributed by atoms with Crippen LogP contribution in [0.5, 0.6) is 0 Å². The Morgan fingerprint density at radius 1 is 1.38 bits per heavy atom. The van der Waals surface area contributed by atoms with E-state index >= 15 is 0 Å². The average molecular weight is 311 g/mol. The summed E-state index contributed by atoms with van der Waals surface area (Å²) in [5.41, 5.74) is 0.899. The number of hydrogen-bond donors (Lipinski definition) is 1. The van der Waals surface area contributed by atoms with Crippen molar-refractivity contribution in [3.63, 3.8) is 0 Å². The van der Waals surface area contributed by atoms with Crippen molar-refractivity contribution in [2.75, 3.05) is 13.1 Å². The topological polar surface area (TPSA) is 15.3 Å². The highest BCUT2D eigenvalue weighted by Crippen LogP contribution is 2.34. The zero-order valence-electron chi connectivity index (χ0n) is 12.7. The maximum atomic E-state index is 14.1. The highest BCUT2D eigenvalue weighted by Gasteiger charge is 2.40. The summed E-state index contributed by atoms with van der Waals surface area (Å²) in [5.74, 6) is -0.184. The van der Waals surface area contributed by atoms with Crippen LogP contribution < -0.4 is 5.32 Å². The Labute approximate surface area is 131 Å². The molecule has 3 rings (SSSR count). The first kappa shape index (κ1) is 15.3. The molecule has 2 nitrogen and oxygen atoms in total. The van der Waals surface area contributed by atoms with Crippen LogP contribution in [-0.2, 0) is 6.54 Å². The van der Waals surface area contributed by atoms with Gasteiger partial charge in [0.05, 0.1) is 0 Å². The molecule has 0 aromatic heterocycles. The van der Waals surface area contributed by atoms with E-state index in [1.165, 1.54) is 31.7 Å². The summed E-state index contributed by atoms with van der Waals surface area (Å²) in [4.78, 5) is 2.44. The monoisotopic (exact) mass is 310 g/mol. The predicted octanol–water partition coefficient (Wildman–Crippen LogP) is 3.98. The van der Waals surface area contributed by atoms with E-state index in [9.17, 15) is 4.39 Å². The summed E-state index contributed by atoms with van der Waals surface area (Å²) in [7, 11) is 0. The van der Waals surface area contributed by atoms with E-state index in [1.54, 1.807) is 12.1 Å². The maximum absolute atomic E-state index is 14.1. The average Bonchev–Trinajstić information content (AvgIpc) is 2.91. The number of nitrogens with zero attached hydrogens (tertiary/aromatic N) is 1. The van der Waals surface area contributed by atoms with E-state index in [0.717, 1.165) is 19.5 Å². The summed E-state index contributed by atoms with van der Waals surface area (Å²) >= 11 is 6.21. The zero-order valence-corrected chi connectivity index (χ0v) is 13.4. The second-order valence-electron chi connectivity index (χ2n) is 6.54. The Kier molecular flexibility index (Phi) is 4.53. The summed E-state index contributed by atoms with van der Waals surface area (Å²) in [6, 6.07) is 5.44. The third-order valence-electron chi connectivity index (χ3n) is 5.19. The fourth-order valence-electron chi connectivity index (χ4n) is 3.90. The van der Waals surface area contributed by atoms with Crippen LogP contribution in [0.2, 0.25) is 5.02 Å². The van der Waals surface area contributed by atoms with Gasteiger partial charge in [-0.2, -0.15) is 0 Å². The fourth-order valence-corrected chi connectivity index (χ4v) is 4.12. The van der Waals surface area contributed by atoms with Gasteiger partial charge in [0.15, 0.2) is 0 Å². The quantitative estimate of drug-likeness (QED) is 0.908. The molecule has 1 aliphatic heterocycles. The number of benzene rings is 1. The van der Waals surface area contributed by atoms with Crippen LogP contribution in [0.3, 0.4) is 0 Å². The van der Waals surface area contributed by atoms with Crippen LogP contribution in [0, 0.1) is 5.82 Å². The number of piperazine rings is 1. The van der Waals surface area contributed by atoms with Crippen molar-refractivity contribution in [3.8, 4) is 0 Å². The van der Waals surface area contributed by atoms with Crippen LogP contribution in [0.25, 0.3) is 0 Å². The molecular weight excluding hydrogens is 287 g/mol. The molecule has 0 bridgehead atoms. The minimum absolute atomic E-state index is 0.184. The van der Waals surface area contributed by atoms with E-state index in [-0.39, 0.29) is 11.4 Å². The standard InChI is InChI=1S/C17H24ClFN2/c1-2-13-10-20-17(8-3-4-9-17)12-21(13)11-14-15(18)6-5-7-16(14)19/h5-7,13,20H,2-4,8-12H2,1H3. The molecule has 1 N–H and O–H groups in total. The van der Waals surface area contributed by atoms with E-state index in [0.29, 0.717) is 23.2 Å². The smallest absolute Gasteiger partial charge is 0.129 e. The van der Waals surface area contributed by atoms with Crippen LogP contribution in [0.1, 0.15) is 44.6 Å². The summed E-state index contributed by atoms with van der Waals surface area (Å²) < 4.78 is 14.1. The molecule has 1 aliphatic carbocycles. The van der Waals surface area contributed by atoms with Gasteiger partial charge in [-0.25, -0.2) is 4.39 Å². The Morgan fingerprint density at radius 3 is 2.81 bits per heavy atom. The maximum Gasteiger partial charge on any atom is 0.129 e. The molecule has 1 unspecified atom stereocenters. The largest absolute Gasteiger partial charge is 0.308 e. The van der Waals surface area contributed by atoms with Crippen LogP contribution in [0.4, 0.5) is 4.39 Å². The van der Waals surface area contributed by atoms with Gasteiger partial charge in [-0.05, 0) is 31.4 Å². The molecule has 2 fully saturated rings. The van der Waals surface area contributed by atoms with Gasteiger partial charge in [0.2, 0.25) is 0 Å². The van der Waals surface area contributed by atoms with Crippen LogP contribution in [-0.4, -0.2) is 29.6 Å². The van der Waals surface area contributed by atoms with Gasteiger partial charge < -0.3 is 5.32 Å². The lowest BCUT2D eigenvalue weighted by atomic mass is 9.91. The van der Waals surface area contributed by atoms with Gasteiger partial charge in [-0.15, -0.1) is 0 Å². The van der Waals surface area contributed by atoms with E-state index in [2.05, 4.69) is 17.1 Å². The Bertz CT molecular complexity index is 479. The highest BCUT2D eigenvalue weighted by atomic mass is 35.5. The van der Waals surface area contributed by atoms with Crippen molar-refractivity contribution in [2.45, 2.75) is 57.2 Å². The highest BCUT2D eigenvalue weighted by molar-refractivity contribution is 6.31. The van der Waals surface area contributed by atoms with Crippen molar-refractivity contribution >= 4 is 11.6 Å². The van der Waals surface area contributed by atoms with Crippen molar-refractivity contribution in [1.82, 2.24) is 10.2 Å². The molecule has 21 heavy (non-hydrogen) atoms. The molecule has 0 amide bonds. The molecular formula is C17H24ClFN2. The van der Waals surface area contributed by atoms with Crippen molar-refractivity contribution in [2.24, 2.45) is 0 Å². The van der Waals surface area contributed by atoms with Crippen molar-refractivity contribution in [3.05, 3.63) is 34.6 Å². The van der Waals surface area contributed by atoms with Gasteiger partial charge in [0, 0.05) is 41.8 Å². The molecule has 1 aromatic rings. The number of halogens is 2. The number of rotatable bonds is 3. The fraction of sp³-hybridized carbons (Fsp3) is 0.647. The number of nitrogens with one attached hydrogen (secondary N) is 1. The zero-order chi connectivity index (χ0) is 14.9. The van der Waals surface area contributed by atoms with Crippen LogP contribution in [0.15, 0.2) is 18.2 Å². The molecule has 1 atom stereocenters. The molecule has 2 aliphatic rings. The summed E-state index contributed by atoms with van der Waals surface area (Å²) in [6.07, 6.45) is 6.17. The minimum Gasteiger partial charge on any atom is -0.308 e. The molecule has 116 valence electrons. The third-order valence-corrected chi connectivity index (χ3v) is 5.54. The van der Waals surface area contributed by atoms with E-state index in [4.69, 9.17) is 11.6 Å². The summed E-state index contributed by atoms with van der Waals surface area (Å²) in [6.45, 7) is 4.83. The second-order valence-corrected chi connectivity index (χ2v) is 6.94. The predicted molar refractivity (Wildman–Crippen MR) is 85.1 cm³/mol. The first-order valence-electron chi connectivity index (χ1n) is 8.05. The van der Waals surface area contributed by atoms with Gasteiger partial charge in [0.25, 0.3) is 0 Å². The van der Waals surface area contributed by atoms with E-state index in [1.807, 2.05) is 0 Å². The molecule has 4 heteroatoms. The van der Waals surface area contributed by atoms with Gasteiger partial charge in [0.1, 0.15) is 5.82 Å². The SMILES string of the molecule is CCC1CNC2(CCCC2)CN1Cc1c(F)cccc1Cl. The van der Waals surface area contributed by atoms with Crippen molar-refractivity contribution in [1.29, 1.82) is 0 Å². The Balaban J connectivity index is 1.80. The van der Waals surface area contributed by atoms with Crippen LogP contribution >= 0.6 is 11.6 Å². The Hall–Kier alpha value is -0.640. The third kappa shape index (κ3) is 3.10. The molecule has 1 heterocycles.